The number of carbonyl (C=O) groups is 1. The van der Waals surface area contributed by atoms with E-state index in [9.17, 15) is 4.79 Å². The first-order valence-electron chi connectivity index (χ1n) is 9.64. The number of para-hydroxylation sites is 1. The number of likely N-dealkylation sites (tertiary alicyclic amines) is 1. The predicted molar refractivity (Wildman–Crippen MR) is 108 cm³/mol. The Labute approximate surface area is 161 Å². The van der Waals surface area contributed by atoms with Crippen LogP contribution in [-0.4, -0.2) is 37.7 Å². The molecule has 2 N–H and O–H groups in total. The average molecular weight is 367 g/mol. The van der Waals surface area contributed by atoms with Gasteiger partial charge < -0.3 is 20.3 Å². The second-order valence-corrected chi connectivity index (χ2v) is 7.05. The lowest BCUT2D eigenvalue weighted by atomic mass is 10.1. The van der Waals surface area contributed by atoms with E-state index in [0.717, 1.165) is 36.5 Å². The van der Waals surface area contributed by atoms with Crippen LogP contribution in [0.5, 0.6) is 5.75 Å². The smallest absolute Gasteiger partial charge is 0.315 e. The van der Waals surface area contributed by atoms with Crippen molar-refractivity contribution in [1.29, 1.82) is 0 Å². The highest BCUT2D eigenvalue weighted by Crippen LogP contribution is 2.24. The van der Waals surface area contributed by atoms with Gasteiger partial charge in [-0.2, -0.15) is 0 Å². The van der Waals surface area contributed by atoms with Crippen LogP contribution < -0.4 is 15.4 Å². The third-order valence-corrected chi connectivity index (χ3v) is 5.10. The molecular weight excluding hydrogens is 338 g/mol. The minimum atomic E-state index is -0.165. The number of amides is 2. The summed E-state index contributed by atoms with van der Waals surface area (Å²) in [6.45, 7) is 5.00. The fourth-order valence-corrected chi connectivity index (χ4v) is 3.64. The van der Waals surface area contributed by atoms with Gasteiger partial charge >= 0.3 is 6.03 Å². The quantitative estimate of drug-likeness (QED) is 0.781. The summed E-state index contributed by atoms with van der Waals surface area (Å²) in [6.07, 6.45) is 2.47. The Morgan fingerprint density at radius 3 is 2.41 bits per heavy atom. The summed E-state index contributed by atoms with van der Waals surface area (Å²) in [4.78, 5) is 15.1. The summed E-state index contributed by atoms with van der Waals surface area (Å²) >= 11 is 0. The van der Waals surface area contributed by atoms with Crippen molar-refractivity contribution in [2.75, 3.05) is 26.7 Å². The lowest BCUT2D eigenvalue weighted by Gasteiger charge is -2.26. The van der Waals surface area contributed by atoms with Crippen LogP contribution in [0.4, 0.5) is 4.79 Å². The maximum Gasteiger partial charge on any atom is 0.315 e. The first kappa shape index (κ1) is 19.2. The van der Waals surface area contributed by atoms with Gasteiger partial charge in [-0.3, -0.25) is 0 Å². The van der Waals surface area contributed by atoms with E-state index in [1.165, 1.54) is 12.8 Å². The molecule has 1 heterocycles. The molecule has 2 amide bonds. The van der Waals surface area contributed by atoms with Crippen molar-refractivity contribution in [3.63, 3.8) is 0 Å². The number of benzene rings is 2. The maximum atomic E-state index is 12.7. The van der Waals surface area contributed by atoms with Crippen LogP contribution in [0.3, 0.4) is 0 Å². The van der Waals surface area contributed by atoms with Crippen molar-refractivity contribution in [2.24, 2.45) is 0 Å². The van der Waals surface area contributed by atoms with E-state index >= 15 is 0 Å². The highest BCUT2D eigenvalue weighted by molar-refractivity contribution is 5.75. The second-order valence-electron chi connectivity index (χ2n) is 7.05. The molecule has 1 aliphatic rings. The van der Waals surface area contributed by atoms with Crippen molar-refractivity contribution in [2.45, 2.75) is 31.8 Å². The van der Waals surface area contributed by atoms with Gasteiger partial charge in [0.05, 0.1) is 19.2 Å². The zero-order valence-corrected chi connectivity index (χ0v) is 16.2. The summed E-state index contributed by atoms with van der Waals surface area (Å²) in [6, 6.07) is 17.6. The largest absolute Gasteiger partial charge is 0.496 e. The first-order valence-corrected chi connectivity index (χ1v) is 9.64. The highest BCUT2D eigenvalue weighted by Gasteiger charge is 2.22. The Hall–Kier alpha value is -2.53. The zero-order chi connectivity index (χ0) is 19.1. The zero-order valence-electron chi connectivity index (χ0n) is 16.2. The molecule has 2 unspecified atom stereocenters. The molecule has 1 fully saturated rings. The molecule has 3 rings (SSSR count). The molecule has 1 aliphatic heterocycles. The predicted octanol–water partition coefficient (Wildman–Crippen LogP) is 3.89. The molecule has 1 saturated heterocycles. The summed E-state index contributed by atoms with van der Waals surface area (Å²) in [5.74, 6) is 0.780. The molecule has 144 valence electrons. The monoisotopic (exact) mass is 367 g/mol. The van der Waals surface area contributed by atoms with Crippen LogP contribution in [-0.2, 0) is 0 Å². The topological polar surface area (TPSA) is 53.6 Å². The van der Waals surface area contributed by atoms with Gasteiger partial charge in [-0.05, 0) is 44.5 Å². The van der Waals surface area contributed by atoms with Gasteiger partial charge in [0.1, 0.15) is 5.75 Å². The lowest BCUT2D eigenvalue weighted by molar-refractivity contribution is 0.226. The lowest BCUT2D eigenvalue weighted by Crippen LogP contribution is -2.43. The number of rotatable bonds is 7. The number of hydrogen-bond acceptors (Lipinski definition) is 3. The van der Waals surface area contributed by atoms with Crippen LogP contribution in [0, 0.1) is 0 Å². The van der Waals surface area contributed by atoms with E-state index in [1.807, 2.05) is 49.4 Å². The molecule has 0 radical (unpaired) electrons. The van der Waals surface area contributed by atoms with Gasteiger partial charge in [-0.25, -0.2) is 4.79 Å². The molecule has 0 aromatic heterocycles. The van der Waals surface area contributed by atoms with Crippen LogP contribution >= 0.6 is 0 Å². The van der Waals surface area contributed by atoms with Crippen LogP contribution in [0.1, 0.15) is 43.0 Å². The minimum Gasteiger partial charge on any atom is -0.496 e. The molecule has 0 spiro atoms. The van der Waals surface area contributed by atoms with Gasteiger partial charge in [0.25, 0.3) is 0 Å². The summed E-state index contributed by atoms with van der Waals surface area (Å²) < 4.78 is 5.41. The van der Waals surface area contributed by atoms with Crippen molar-refractivity contribution in [3.8, 4) is 5.75 Å². The van der Waals surface area contributed by atoms with Crippen LogP contribution in [0.15, 0.2) is 54.6 Å². The van der Waals surface area contributed by atoms with Gasteiger partial charge in [0.15, 0.2) is 0 Å². The van der Waals surface area contributed by atoms with E-state index in [4.69, 9.17) is 4.74 Å². The molecule has 2 aromatic rings. The van der Waals surface area contributed by atoms with Gasteiger partial charge in [-0.15, -0.1) is 0 Å². The molecule has 0 bridgehead atoms. The normalized spacial score (nSPS) is 16.5. The van der Waals surface area contributed by atoms with Gasteiger partial charge in [0, 0.05) is 12.1 Å². The van der Waals surface area contributed by atoms with Crippen LogP contribution in [0.25, 0.3) is 0 Å². The summed E-state index contributed by atoms with van der Waals surface area (Å²) in [7, 11) is 1.65. The molecule has 5 heteroatoms. The number of carbonyl (C=O) groups excluding carboxylic acids is 1. The molecule has 2 aromatic carbocycles. The molecule has 27 heavy (non-hydrogen) atoms. The molecule has 5 nitrogen and oxygen atoms in total. The number of ether oxygens (including phenoxy) is 1. The van der Waals surface area contributed by atoms with E-state index < -0.39 is 0 Å². The average Bonchev–Trinajstić information content (AvgIpc) is 3.21. The third kappa shape index (κ3) is 5.23. The van der Waals surface area contributed by atoms with Crippen molar-refractivity contribution >= 4 is 6.03 Å². The minimum absolute atomic E-state index is 0.0332. The number of nitrogens with one attached hydrogen (secondary N) is 2. The Morgan fingerprint density at radius 1 is 1.04 bits per heavy atom. The fraction of sp³-hybridized carbons (Fsp3) is 0.409. The Kier molecular flexibility index (Phi) is 6.71. The SMILES string of the molecule is COc1ccccc1C(C)NC(=O)NC(CN1CCCC1)c1ccccc1. The summed E-state index contributed by atoms with van der Waals surface area (Å²) in [5, 5.41) is 6.21. The van der Waals surface area contributed by atoms with Crippen LogP contribution in [0.2, 0.25) is 0 Å². The standard InChI is InChI=1S/C22H29N3O2/c1-17(19-12-6-7-13-21(19)27-2)23-22(26)24-20(16-25-14-8-9-15-25)18-10-4-3-5-11-18/h3-7,10-13,17,20H,8-9,14-16H2,1-2H3,(H2,23,24,26). The number of hydrogen-bond donors (Lipinski definition) is 2. The highest BCUT2D eigenvalue weighted by atomic mass is 16.5. The van der Waals surface area contributed by atoms with Gasteiger partial charge in [-0.1, -0.05) is 48.5 Å². The number of nitrogens with zero attached hydrogens (tertiary/aromatic N) is 1. The van der Waals surface area contributed by atoms with Crippen molar-refractivity contribution in [3.05, 3.63) is 65.7 Å². The van der Waals surface area contributed by atoms with Crippen molar-refractivity contribution < 1.29 is 9.53 Å². The van der Waals surface area contributed by atoms with E-state index in [2.05, 4.69) is 27.7 Å². The molecule has 0 saturated carbocycles. The Bertz CT molecular complexity index is 729. The molecule has 0 aliphatic carbocycles. The summed E-state index contributed by atoms with van der Waals surface area (Å²) in [5.41, 5.74) is 2.09. The Morgan fingerprint density at radius 2 is 1.70 bits per heavy atom. The first-order chi connectivity index (χ1) is 13.2. The number of urea groups is 1. The van der Waals surface area contributed by atoms with E-state index in [-0.39, 0.29) is 18.1 Å². The molecule has 2 atom stereocenters. The van der Waals surface area contributed by atoms with E-state index in [1.54, 1.807) is 7.11 Å². The fourth-order valence-electron chi connectivity index (χ4n) is 3.64. The second kappa shape index (κ2) is 9.42. The Balaban J connectivity index is 1.66. The van der Waals surface area contributed by atoms with E-state index in [0.29, 0.717) is 0 Å². The molecular formula is C22H29N3O2. The number of methoxy groups -OCH3 is 1. The van der Waals surface area contributed by atoms with Crippen molar-refractivity contribution in [1.82, 2.24) is 15.5 Å². The third-order valence-electron chi connectivity index (χ3n) is 5.10. The maximum absolute atomic E-state index is 12.7. The van der Waals surface area contributed by atoms with Gasteiger partial charge in [0.2, 0.25) is 0 Å².